The lowest BCUT2D eigenvalue weighted by Gasteiger charge is -2.29. The highest BCUT2D eigenvalue weighted by atomic mass is 19.1. The minimum Gasteiger partial charge on any atom is -0.378 e. The monoisotopic (exact) mass is 446 g/mol. The number of ether oxygens (including phenoxy) is 1. The molecule has 0 spiro atoms. The predicted octanol–water partition coefficient (Wildman–Crippen LogP) is 3.92. The van der Waals surface area contributed by atoms with E-state index in [0.29, 0.717) is 42.5 Å². The van der Waals surface area contributed by atoms with Crippen molar-refractivity contribution in [2.75, 3.05) is 31.2 Å². The third-order valence-electron chi connectivity index (χ3n) is 5.55. The first kappa shape index (κ1) is 21.0. The number of hydrogen-bond donors (Lipinski definition) is 0. The van der Waals surface area contributed by atoms with Crippen LogP contribution in [0.4, 0.5) is 10.2 Å². The number of halogens is 1. The molecule has 5 rings (SSSR count). The van der Waals surface area contributed by atoms with E-state index < -0.39 is 0 Å². The molecule has 168 valence electrons. The topological polar surface area (TPSA) is 82.1 Å². The molecule has 1 aromatic carbocycles. The number of nitrogens with zero attached hydrogens (tertiary/aromatic N) is 6. The average Bonchev–Trinajstić information content (AvgIpc) is 3.51. The maximum atomic E-state index is 14.3. The van der Waals surface area contributed by atoms with Crippen LogP contribution in [0.25, 0.3) is 22.8 Å². The van der Waals surface area contributed by atoms with Crippen molar-refractivity contribution in [2.24, 2.45) is 0 Å². The molecule has 3 aromatic heterocycles. The lowest BCUT2D eigenvalue weighted by Crippen LogP contribution is -2.37. The molecule has 9 heteroatoms. The molecule has 0 saturated carbocycles. The summed E-state index contributed by atoms with van der Waals surface area (Å²) in [6.07, 6.45) is 5.35. The van der Waals surface area contributed by atoms with Crippen LogP contribution in [-0.4, -0.2) is 51.2 Å². The van der Waals surface area contributed by atoms with Crippen molar-refractivity contribution < 1.29 is 13.7 Å². The number of benzene rings is 1. The van der Waals surface area contributed by atoms with E-state index >= 15 is 0 Å². The van der Waals surface area contributed by atoms with E-state index in [1.165, 1.54) is 12.3 Å². The summed E-state index contributed by atoms with van der Waals surface area (Å²) in [6.45, 7) is 8.76. The third kappa shape index (κ3) is 4.27. The van der Waals surface area contributed by atoms with Gasteiger partial charge in [-0.25, -0.2) is 14.1 Å². The van der Waals surface area contributed by atoms with Crippen LogP contribution >= 0.6 is 0 Å². The van der Waals surface area contributed by atoms with Gasteiger partial charge in [-0.1, -0.05) is 29.9 Å². The SMILES string of the molecule is C=C(C)c1cnc(-n2cc(-c3ccon3)c(Cc3ccccc3F)n2)nc1N1CCOCC1. The minimum atomic E-state index is -0.283. The Kier molecular flexibility index (Phi) is 5.70. The summed E-state index contributed by atoms with van der Waals surface area (Å²) < 4.78 is 26.5. The molecule has 33 heavy (non-hydrogen) atoms. The molecule has 1 aliphatic rings. The van der Waals surface area contributed by atoms with Gasteiger partial charge in [-0.05, 0) is 24.1 Å². The standard InChI is InChI=1S/C24H23FN6O2/c1-16(2)18-14-26-24(27-23(18)30-8-11-32-12-9-30)31-15-19(21-7-10-33-29-21)22(28-31)13-17-5-3-4-6-20(17)25/h3-7,10,14-15H,1,8-9,11-13H2,2H3. The molecule has 0 radical (unpaired) electrons. The van der Waals surface area contributed by atoms with Gasteiger partial charge in [0, 0.05) is 49.1 Å². The van der Waals surface area contributed by atoms with Crippen molar-refractivity contribution >= 4 is 11.4 Å². The van der Waals surface area contributed by atoms with E-state index in [0.717, 1.165) is 35.6 Å². The van der Waals surface area contributed by atoms with E-state index in [4.69, 9.17) is 19.3 Å². The van der Waals surface area contributed by atoms with Crippen LogP contribution in [0.15, 0.2) is 60.1 Å². The number of hydrogen-bond acceptors (Lipinski definition) is 7. The first-order chi connectivity index (χ1) is 16.1. The Balaban J connectivity index is 1.58. The van der Waals surface area contributed by atoms with Crippen molar-refractivity contribution in [3.8, 4) is 17.2 Å². The van der Waals surface area contributed by atoms with Crippen molar-refractivity contribution in [2.45, 2.75) is 13.3 Å². The normalized spacial score (nSPS) is 13.9. The second-order valence-electron chi connectivity index (χ2n) is 7.87. The van der Waals surface area contributed by atoms with Crippen LogP contribution in [-0.2, 0) is 11.2 Å². The molecule has 1 aliphatic heterocycles. The molecule has 0 N–H and O–H groups in total. The molecule has 0 aliphatic carbocycles. The zero-order valence-corrected chi connectivity index (χ0v) is 18.2. The highest BCUT2D eigenvalue weighted by molar-refractivity contribution is 5.72. The number of aromatic nitrogens is 5. The second kappa shape index (κ2) is 8.95. The first-order valence-corrected chi connectivity index (χ1v) is 10.7. The van der Waals surface area contributed by atoms with Gasteiger partial charge in [-0.15, -0.1) is 0 Å². The van der Waals surface area contributed by atoms with Crippen LogP contribution in [0, 0.1) is 5.82 Å². The molecule has 4 aromatic rings. The fraction of sp³-hybridized carbons (Fsp3) is 0.250. The van der Waals surface area contributed by atoms with Gasteiger partial charge in [0.15, 0.2) is 0 Å². The Bertz CT molecular complexity index is 1280. The van der Waals surface area contributed by atoms with E-state index in [-0.39, 0.29) is 5.82 Å². The molecule has 0 atom stereocenters. The largest absolute Gasteiger partial charge is 0.378 e. The lowest BCUT2D eigenvalue weighted by molar-refractivity contribution is 0.122. The van der Waals surface area contributed by atoms with Gasteiger partial charge in [-0.2, -0.15) is 10.1 Å². The van der Waals surface area contributed by atoms with Crippen molar-refractivity contribution in [3.05, 3.63) is 78.2 Å². The maximum absolute atomic E-state index is 14.3. The maximum Gasteiger partial charge on any atom is 0.252 e. The highest BCUT2D eigenvalue weighted by Gasteiger charge is 2.21. The molecule has 4 heterocycles. The molecule has 0 bridgehead atoms. The van der Waals surface area contributed by atoms with Crippen LogP contribution in [0.3, 0.4) is 0 Å². The Labute approximate surface area is 190 Å². The second-order valence-corrected chi connectivity index (χ2v) is 7.87. The number of morpholine rings is 1. The Morgan fingerprint density at radius 3 is 2.73 bits per heavy atom. The van der Waals surface area contributed by atoms with Gasteiger partial charge in [0.05, 0.1) is 18.9 Å². The summed E-state index contributed by atoms with van der Waals surface area (Å²) in [4.78, 5) is 11.5. The van der Waals surface area contributed by atoms with Crippen molar-refractivity contribution in [1.82, 2.24) is 24.9 Å². The molecular weight excluding hydrogens is 423 g/mol. The van der Waals surface area contributed by atoms with Gasteiger partial charge >= 0.3 is 0 Å². The smallest absolute Gasteiger partial charge is 0.252 e. The number of rotatable bonds is 6. The summed E-state index contributed by atoms with van der Waals surface area (Å²) >= 11 is 0. The minimum absolute atomic E-state index is 0.283. The Morgan fingerprint density at radius 1 is 1.18 bits per heavy atom. The van der Waals surface area contributed by atoms with E-state index in [2.05, 4.69) is 21.6 Å². The summed E-state index contributed by atoms with van der Waals surface area (Å²) in [5.41, 5.74) is 4.30. The summed E-state index contributed by atoms with van der Waals surface area (Å²) in [6, 6.07) is 8.40. The van der Waals surface area contributed by atoms with Crippen molar-refractivity contribution in [1.29, 1.82) is 0 Å². The van der Waals surface area contributed by atoms with Crippen LogP contribution in [0.2, 0.25) is 0 Å². The van der Waals surface area contributed by atoms with Crippen molar-refractivity contribution in [3.63, 3.8) is 0 Å². The molecular formula is C24H23FN6O2. The van der Waals surface area contributed by atoms with E-state index in [9.17, 15) is 4.39 Å². The zero-order chi connectivity index (χ0) is 22.8. The first-order valence-electron chi connectivity index (χ1n) is 10.7. The third-order valence-corrected chi connectivity index (χ3v) is 5.55. The van der Waals surface area contributed by atoms with E-state index in [1.54, 1.807) is 41.3 Å². The van der Waals surface area contributed by atoms with Crippen LogP contribution in [0.5, 0.6) is 0 Å². The summed E-state index contributed by atoms with van der Waals surface area (Å²) in [5.74, 6) is 0.922. The molecule has 8 nitrogen and oxygen atoms in total. The van der Waals surface area contributed by atoms with Gasteiger partial charge in [0.25, 0.3) is 5.95 Å². The van der Waals surface area contributed by atoms with Gasteiger partial charge in [0.2, 0.25) is 0 Å². The van der Waals surface area contributed by atoms with Crippen LogP contribution in [0.1, 0.15) is 23.7 Å². The van der Waals surface area contributed by atoms with Crippen LogP contribution < -0.4 is 4.90 Å². The highest BCUT2D eigenvalue weighted by Crippen LogP contribution is 2.28. The average molecular weight is 446 g/mol. The fourth-order valence-electron chi connectivity index (χ4n) is 3.82. The summed E-state index contributed by atoms with van der Waals surface area (Å²) in [7, 11) is 0. The van der Waals surface area contributed by atoms with Gasteiger partial charge < -0.3 is 14.2 Å². The molecule has 0 unspecified atom stereocenters. The Hall–Kier alpha value is -3.85. The number of anilines is 1. The van der Waals surface area contributed by atoms with Gasteiger partial charge in [-0.3, -0.25) is 0 Å². The molecule has 0 amide bonds. The Morgan fingerprint density at radius 2 is 2.00 bits per heavy atom. The zero-order valence-electron chi connectivity index (χ0n) is 18.2. The lowest BCUT2D eigenvalue weighted by atomic mass is 10.1. The summed E-state index contributed by atoms with van der Waals surface area (Å²) in [5, 5.41) is 8.76. The fourth-order valence-corrected chi connectivity index (χ4v) is 3.82. The number of allylic oxidation sites excluding steroid dienone is 1. The van der Waals surface area contributed by atoms with E-state index in [1.807, 2.05) is 6.92 Å². The molecule has 1 fully saturated rings. The predicted molar refractivity (Wildman–Crippen MR) is 122 cm³/mol. The van der Waals surface area contributed by atoms with Gasteiger partial charge in [0.1, 0.15) is 23.6 Å². The quantitative estimate of drug-likeness (QED) is 0.444. The molecule has 1 saturated heterocycles.